The first kappa shape index (κ1) is 11.0. The van der Waals surface area contributed by atoms with Gasteiger partial charge in [-0.05, 0) is 76.2 Å². The Bertz CT molecular complexity index is 230. The molecule has 1 nitrogen and oxygen atoms in total. The molecule has 0 unspecified atom stereocenters. The Morgan fingerprint density at radius 2 is 1.17 bits per heavy atom. The number of hydrogen-bond donors (Lipinski definition) is 1. The van der Waals surface area contributed by atoms with Crippen LogP contribution >= 0.6 is 63.7 Å². The fraction of sp³-hybridized carbons (Fsp3) is 0.143. The lowest BCUT2D eigenvalue weighted by molar-refractivity contribution is 0.467. The minimum Gasteiger partial charge on any atom is -0.505 e. The first-order chi connectivity index (χ1) is 5.46. The highest BCUT2D eigenvalue weighted by Crippen LogP contribution is 2.45. The zero-order valence-electron chi connectivity index (χ0n) is 5.96. The molecule has 0 saturated carbocycles. The summed E-state index contributed by atoms with van der Waals surface area (Å²) in [5.74, 6) is 0.194. The van der Waals surface area contributed by atoms with E-state index in [-0.39, 0.29) is 5.75 Å². The third-order valence-corrected chi connectivity index (χ3v) is 6.05. The molecule has 12 heavy (non-hydrogen) atoms. The van der Waals surface area contributed by atoms with E-state index in [1.807, 2.05) is 6.92 Å². The molecule has 0 amide bonds. The van der Waals surface area contributed by atoms with Gasteiger partial charge in [-0.15, -0.1) is 0 Å². The van der Waals surface area contributed by atoms with Crippen LogP contribution in [0.4, 0.5) is 0 Å². The highest BCUT2D eigenvalue weighted by Gasteiger charge is 2.14. The molecule has 0 aromatic heterocycles. The summed E-state index contributed by atoms with van der Waals surface area (Å²) in [7, 11) is 0. The Labute approximate surface area is 104 Å². The molecule has 1 aromatic rings. The van der Waals surface area contributed by atoms with Crippen LogP contribution in [0.3, 0.4) is 0 Å². The third-order valence-electron chi connectivity index (χ3n) is 1.46. The van der Waals surface area contributed by atoms with E-state index >= 15 is 0 Å². The number of halogens is 4. The minimum atomic E-state index is 0.194. The summed E-state index contributed by atoms with van der Waals surface area (Å²) in [6.45, 7) is 1.95. The molecule has 1 N–H and O–H groups in total. The number of hydrogen-bond acceptors (Lipinski definition) is 1. The van der Waals surface area contributed by atoms with E-state index in [1.54, 1.807) is 0 Å². The Morgan fingerprint density at radius 1 is 0.833 bits per heavy atom. The van der Waals surface area contributed by atoms with Crippen molar-refractivity contribution in [3.05, 3.63) is 23.5 Å². The van der Waals surface area contributed by atoms with Gasteiger partial charge >= 0.3 is 0 Å². The summed E-state index contributed by atoms with van der Waals surface area (Å²) in [6.07, 6.45) is 0. The highest BCUT2D eigenvalue weighted by atomic mass is 79.9. The number of rotatable bonds is 0. The van der Waals surface area contributed by atoms with Crippen LogP contribution in [0.2, 0.25) is 0 Å². The van der Waals surface area contributed by atoms with Gasteiger partial charge in [-0.3, -0.25) is 0 Å². The summed E-state index contributed by atoms with van der Waals surface area (Å²) in [4.78, 5) is 0. The molecule has 0 fully saturated rings. The maximum Gasteiger partial charge on any atom is 0.146 e. The predicted molar refractivity (Wildman–Crippen MR) is 63.6 cm³/mol. The summed E-state index contributed by atoms with van der Waals surface area (Å²) in [6, 6.07) is 0. The third kappa shape index (κ3) is 1.74. The quantitative estimate of drug-likeness (QED) is 0.597. The fourth-order valence-corrected chi connectivity index (χ4v) is 3.03. The molecule has 0 aliphatic carbocycles. The molecule has 0 aliphatic rings. The van der Waals surface area contributed by atoms with Crippen LogP contribution < -0.4 is 0 Å². The average Bonchev–Trinajstić information content (AvgIpc) is 2.08. The van der Waals surface area contributed by atoms with E-state index in [9.17, 15) is 5.11 Å². The molecular formula is C7H4Br4O. The van der Waals surface area contributed by atoms with Crippen molar-refractivity contribution in [1.82, 2.24) is 0 Å². The Kier molecular flexibility index (Phi) is 3.66. The van der Waals surface area contributed by atoms with Gasteiger partial charge in [0.15, 0.2) is 0 Å². The van der Waals surface area contributed by atoms with Crippen LogP contribution in [-0.4, -0.2) is 5.11 Å². The van der Waals surface area contributed by atoms with Gasteiger partial charge in [0, 0.05) is 8.95 Å². The Morgan fingerprint density at radius 3 is 1.50 bits per heavy atom. The zero-order valence-corrected chi connectivity index (χ0v) is 12.3. The van der Waals surface area contributed by atoms with Crippen LogP contribution in [0.1, 0.15) is 5.56 Å². The molecule has 0 atom stereocenters. The molecule has 1 aromatic carbocycles. The normalized spacial score (nSPS) is 10.4. The van der Waals surface area contributed by atoms with Crippen molar-refractivity contribution in [1.29, 1.82) is 0 Å². The van der Waals surface area contributed by atoms with Crippen molar-refractivity contribution in [3.8, 4) is 5.75 Å². The molecular weight excluding hydrogens is 420 g/mol. The second kappa shape index (κ2) is 3.98. The van der Waals surface area contributed by atoms with Gasteiger partial charge < -0.3 is 5.11 Å². The molecule has 0 heterocycles. The van der Waals surface area contributed by atoms with Crippen molar-refractivity contribution >= 4 is 63.7 Å². The van der Waals surface area contributed by atoms with E-state index in [0.29, 0.717) is 8.95 Å². The van der Waals surface area contributed by atoms with Crippen LogP contribution in [0.5, 0.6) is 5.75 Å². The monoisotopic (exact) mass is 420 g/mol. The van der Waals surface area contributed by atoms with E-state index in [2.05, 4.69) is 63.7 Å². The van der Waals surface area contributed by atoms with Crippen molar-refractivity contribution in [3.63, 3.8) is 0 Å². The summed E-state index contributed by atoms with van der Waals surface area (Å²) in [5.41, 5.74) is 1.03. The van der Waals surface area contributed by atoms with Crippen LogP contribution in [0.15, 0.2) is 17.9 Å². The summed E-state index contributed by atoms with van der Waals surface area (Å²) >= 11 is 13.2. The van der Waals surface area contributed by atoms with Crippen molar-refractivity contribution in [2.45, 2.75) is 6.92 Å². The van der Waals surface area contributed by atoms with Crippen molar-refractivity contribution < 1.29 is 5.11 Å². The lowest BCUT2D eigenvalue weighted by Crippen LogP contribution is -1.84. The largest absolute Gasteiger partial charge is 0.505 e. The van der Waals surface area contributed by atoms with E-state index in [4.69, 9.17) is 0 Å². The van der Waals surface area contributed by atoms with Gasteiger partial charge in [-0.1, -0.05) is 0 Å². The molecule has 0 spiro atoms. The first-order valence-corrected chi connectivity index (χ1v) is 6.15. The SMILES string of the molecule is Cc1c(Br)c(Br)c(O)c(Br)c1Br. The number of phenolic OH excluding ortho intramolecular Hbond substituents is 1. The fourth-order valence-electron chi connectivity index (χ4n) is 0.730. The smallest absolute Gasteiger partial charge is 0.146 e. The highest BCUT2D eigenvalue weighted by molar-refractivity contribution is 9.14. The Balaban J connectivity index is 3.60. The minimum absolute atomic E-state index is 0.194. The van der Waals surface area contributed by atoms with E-state index in [1.165, 1.54) is 0 Å². The van der Waals surface area contributed by atoms with Crippen molar-refractivity contribution in [2.24, 2.45) is 0 Å². The maximum atomic E-state index is 9.54. The number of benzene rings is 1. The molecule has 0 bridgehead atoms. The standard InChI is InChI=1S/C7H4Br4O/c1-2-3(8)5(10)7(12)6(11)4(2)9/h12H,1H3. The lowest BCUT2D eigenvalue weighted by atomic mass is 10.2. The summed E-state index contributed by atoms with van der Waals surface area (Å²) in [5, 5.41) is 9.54. The van der Waals surface area contributed by atoms with Gasteiger partial charge in [0.1, 0.15) is 5.75 Å². The molecule has 0 radical (unpaired) electrons. The maximum absolute atomic E-state index is 9.54. The number of aromatic hydroxyl groups is 1. The van der Waals surface area contributed by atoms with Crippen molar-refractivity contribution in [2.75, 3.05) is 0 Å². The summed E-state index contributed by atoms with van der Waals surface area (Å²) < 4.78 is 3.04. The Hall–Kier alpha value is 0.940. The number of phenols is 1. The average molecular weight is 424 g/mol. The second-order valence-corrected chi connectivity index (χ2v) is 5.40. The first-order valence-electron chi connectivity index (χ1n) is 2.98. The van der Waals surface area contributed by atoms with Crippen LogP contribution in [-0.2, 0) is 0 Å². The van der Waals surface area contributed by atoms with E-state index in [0.717, 1.165) is 14.5 Å². The van der Waals surface area contributed by atoms with Gasteiger partial charge in [0.25, 0.3) is 0 Å². The lowest BCUT2D eigenvalue weighted by Gasteiger charge is -2.09. The molecule has 5 heteroatoms. The van der Waals surface area contributed by atoms with Gasteiger partial charge in [-0.2, -0.15) is 0 Å². The molecule has 1 rings (SSSR count). The van der Waals surface area contributed by atoms with E-state index < -0.39 is 0 Å². The van der Waals surface area contributed by atoms with Gasteiger partial charge in [-0.25, -0.2) is 0 Å². The van der Waals surface area contributed by atoms with Crippen LogP contribution in [0.25, 0.3) is 0 Å². The molecule has 0 saturated heterocycles. The topological polar surface area (TPSA) is 20.2 Å². The molecule has 66 valence electrons. The second-order valence-electron chi connectivity index (χ2n) is 2.23. The van der Waals surface area contributed by atoms with Crippen LogP contribution in [0, 0.1) is 6.92 Å². The predicted octanol–water partition coefficient (Wildman–Crippen LogP) is 4.75. The zero-order chi connectivity index (χ0) is 9.46. The van der Waals surface area contributed by atoms with Gasteiger partial charge in [0.05, 0.1) is 8.95 Å². The van der Waals surface area contributed by atoms with Gasteiger partial charge in [0.2, 0.25) is 0 Å². The molecule has 0 aliphatic heterocycles.